The fraction of sp³-hybridized carbons (Fsp3) is 0.455. The zero-order valence-electron chi connectivity index (χ0n) is 17.4. The van der Waals surface area contributed by atoms with Crippen molar-refractivity contribution >= 4 is 18.1 Å². The predicted molar refractivity (Wildman–Crippen MR) is 114 cm³/mol. The summed E-state index contributed by atoms with van der Waals surface area (Å²) in [5.41, 5.74) is 7.82. The van der Waals surface area contributed by atoms with Crippen molar-refractivity contribution in [3.8, 4) is 0 Å². The van der Waals surface area contributed by atoms with E-state index in [9.17, 15) is 9.59 Å². The number of aromatic nitrogens is 3. The highest BCUT2D eigenvalue weighted by Gasteiger charge is 2.53. The maximum absolute atomic E-state index is 13.8. The molecular weight excluding hydrogens is 394 g/mol. The van der Waals surface area contributed by atoms with Crippen molar-refractivity contribution in [3.63, 3.8) is 0 Å². The van der Waals surface area contributed by atoms with Gasteiger partial charge < -0.3 is 20.9 Å². The number of carbonyl (C=O) groups excluding carboxylic acids is 2. The van der Waals surface area contributed by atoms with Crippen molar-refractivity contribution in [2.45, 2.75) is 37.8 Å². The maximum Gasteiger partial charge on any atom is 0.241 e. The molecule has 4 heterocycles. The molecule has 2 fully saturated rings. The van der Waals surface area contributed by atoms with Gasteiger partial charge in [-0.2, -0.15) is 0 Å². The number of aldehydes is 1. The minimum Gasteiger partial charge on any atom is -0.403 e. The Balaban J connectivity index is 1.50. The van der Waals surface area contributed by atoms with Crippen LogP contribution in [0.1, 0.15) is 36.1 Å². The number of allylic oxidation sites excluding steroid dienone is 1. The quantitative estimate of drug-likeness (QED) is 0.452. The van der Waals surface area contributed by atoms with Crippen LogP contribution in [0.15, 0.2) is 36.6 Å². The molecule has 1 spiro atoms. The molecule has 31 heavy (non-hydrogen) atoms. The maximum atomic E-state index is 13.8. The van der Waals surface area contributed by atoms with Gasteiger partial charge in [0.15, 0.2) is 6.29 Å². The van der Waals surface area contributed by atoms with E-state index in [-0.39, 0.29) is 18.1 Å². The number of aromatic amines is 1. The molecule has 5 rings (SSSR count). The van der Waals surface area contributed by atoms with E-state index < -0.39 is 5.41 Å². The molecule has 0 radical (unpaired) electrons. The number of hydrogen-bond donors (Lipinski definition) is 3. The molecule has 0 bridgehead atoms. The summed E-state index contributed by atoms with van der Waals surface area (Å²) in [5, 5.41) is 3.33. The SMILES string of the molecule is N/C=C(\C=O)N1Cc2cnc(NCC3CC3)nc2C2(CCN(Cc3cc[nH]c3)C2)C1=O. The van der Waals surface area contributed by atoms with Crippen LogP contribution in [-0.4, -0.2) is 56.6 Å². The van der Waals surface area contributed by atoms with Crippen LogP contribution in [0.4, 0.5) is 5.95 Å². The highest BCUT2D eigenvalue weighted by atomic mass is 16.2. The lowest BCUT2D eigenvalue weighted by Gasteiger charge is -2.39. The van der Waals surface area contributed by atoms with Gasteiger partial charge in [-0.25, -0.2) is 9.97 Å². The van der Waals surface area contributed by atoms with Crippen LogP contribution in [-0.2, 0) is 28.1 Å². The molecule has 0 aromatic carbocycles. The van der Waals surface area contributed by atoms with Crippen LogP contribution in [0, 0.1) is 5.92 Å². The lowest BCUT2D eigenvalue weighted by molar-refractivity contribution is -0.138. The second-order valence-corrected chi connectivity index (χ2v) is 8.75. The summed E-state index contributed by atoms with van der Waals surface area (Å²) >= 11 is 0. The Labute approximate surface area is 180 Å². The lowest BCUT2D eigenvalue weighted by atomic mass is 9.77. The van der Waals surface area contributed by atoms with Crippen molar-refractivity contribution in [1.82, 2.24) is 24.8 Å². The first-order valence-electron chi connectivity index (χ1n) is 10.8. The van der Waals surface area contributed by atoms with Gasteiger partial charge in [-0.3, -0.25) is 14.5 Å². The summed E-state index contributed by atoms with van der Waals surface area (Å²) in [6, 6.07) is 2.04. The van der Waals surface area contributed by atoms with E-state index in [0.717, 1.165) is 30.9 Å². The molecule has 162 valence electrons. The van der Waals surface area contributed by atoms with E-state index in [4.69, 9.17) is 10.7 Å². The van der Waals surface area contributed by atoms with Gasteiger partial charge in [0, 0.05) is 56.5 Å². The normalized spacial score (nSPS) is 23.9. The molecule has 2 aliphatic heterocycles. The number of nitrogens with two attached hydrogens (primary N) is 1. The summed E-state index contributed by atoms with van der Waals surface area (Å²) in [6.45, 7) is 3.16. The van der Waals surface area contributed by atoms with Crippen molar-refractivity contribution in [1.29, 1.82) is 0 Å². The Morgan fingerprint density at radius 2 is 2.29 bits per heavy atom. The summed E-state index contributed by atoms with van der Waals surface area (Å²) in [5.74, 6) is 1.14. The number of hydrogen-bond acceptors (Lipinski definition) is 7. The van der Waals surface area contributed by atoms with E-state index in [0.29, 0.717) is 31.1 Å². The smallest absolute Gasteiger partial charge is 0.241 e. The molecule has 4 N–H and O–H groups in total. The average Bonchev–Trinajstić information content (AvgIpc) is 3.30. The molecule has 1 amide bonds. The van der Waals surface area contributed by atoms with E-state index in [1.807, 2.05) is 18.5 Å². The molecule has 1 atom stereocenters. The third-order valence-electron chi connectivity index (χ3n) is 6.57. The Hall–Kier alpha value is -3.20. The van der Waals surface area contributed by atoms with E-state index in [1.165, 1.54) is 29.5 Å². The number of nitrogens with one attached hydrogen (secondary N) is 2. The van der Waals surface area contributed by atoms with Gasteiger partial charge in [0.25, 0.3) is 0 Å². The average molecular weight is 422 g/mol. The van der Waals surface area contributed by atoms with Crippen LogP contribution < -0.4 is 11.1 Å². The Bertz CT molecular complexity index is 1010. The van der Waals surface area contributed by atoms with Crippen LogP contribution in [0.5, 0.6) is 0 Å². The number of fused-ring (bicyclic) bond motifs is 2. The number of nitrogens with zero attached hydrogens (tertiary/aromatic N) is 4. The van der Waals surface area contributed by atoms with Gasteiger partial charge in [-0.15, -0.1) is 0 Å². The van der Waals surface area contributed by atoms with Crippen molar-refractivity contribution in [2.24, 2.45) is 11.7 Å². The Morgan fingerprint density at radius 3 is 3.00 bits per heavy atom. The summed E-state index contributed by atoms with van der Waals surface area (Å²) in [7, 11) is 0. The van der Waals surface area contributed by atoms with Gasteiger partial charge >= 0.3 is 0 Å². The van der Waals surface area contributed by atoms with Gasteiger partial charge in [-0.1, -0.05) is 0 Å². The molecule has 3 aliphatic rings. The molecule has 2 aromatic heterocycles. The number of carbonyl (C=O) groups is 2. The minimum absolute atomic E-state index is 0.118. The third kappa shape index (κ3) is 3.59. The summed E-state index contributed by atoms with van der Waals surface area (Å²) in [4.78, 5) is 41.5. The molecule has 1 unspecified atom stereocenters. The highest BCUT2D eigenvalue weighted by molar-refractivity contribution is 5.95. The molecule has 9 nitrogen and oxygen atoms in total. The van der Waals surface area contributed by atoms with Gasteiger partial charge in [0.1, 0.15) is 5.41 Å². The van der Waals surface area contributed by atoms with Crippen LogP contribution in [0.3, 0.4) is 0 Å². The van der Waals surface area contributed by atoms with Crippen molar-refractivity contribution in [2.75, 3.05) is 25.0 Å². The van der Waals surface area contributed by atoms with Crippen molar-refractivity contribution < 1.29 is 9.59 Å². The Kier molecular flexibility index (Phi) is 4.97. The first-order valence-corrected chi connectivity index (χ1v) is 10.8. The molecule has 2 aromatic rings. The molecular formula is C22H27N7O2. The zero-order valence-corrected chi connectivity index (χ0v) is 17.4. The van der Waals surface area contributed by atoms with E-state index in [2.05, 4.69) is 20.2 Å². The molecule has 1 saturated carbocycles. The zero-order chi connectivity index (χ0) is 21.4. The number of anilines is 1. The topological polar surface area (TPSA) is 120 Å². The molecule has 1 aliphatic carbocycles. The van der Waals surface area contributed by atoms with E-state index >= 15 is 0 Å². The van der Waals surface area contributed by atoms with Crippen LogP contribution in [0.25, 0.3) is 0 Å². The van der Waals surface area contributed by atoms with Gasteiger partial charge in [0.05, 0.1) is 17.9 Å². The monoisotopic (exact) mass is 421 g/mol. The second-order valence-electron chi connectivity index (χ2n) is 8.75. The summed E-state index contributed by atoms with van der Waals surface area (Å²) in [6.07, 6.45) is 10.6. The molecule has 9 heteroatoms. The van der Waals surface area contributed by atoms with Crippen LogP contribution in [0.2, 0.25) is 0 Å². The third-order valence-corrected chi connectivity index (χ3v) is 6.57. The predicted octanol–water partition coefficient (Wildman–Crippen LogP) is 1.11. The number of rotatable bonds is 7. The largest absolute Gasteiger partial charge is 0.403 e. The van der Waals surface area contributed by atoms with Gasteiger partial charge in [0.2, 0.25) is 11.9 Å². The summed E-state index contributed by atoms with van der Waals surface area (Å²) < 4.78 is 0. The van der Waals surface area contributed by atoms with Crippen molar-refractivity contribution in [3.05, 3.63) is 53.4 Å². The number of H-pyrrole nitrogens is 1. The minimum atomic E-state index is -0.819. The van der Waals surface area contributed by atoms with E-state index in [1.54, 1.807) is 6.20 Å². The first-order chi connectivity index (χ1) is 15.1. The second kappa shape index (κ2) is 7.81. The fourth-order valence-electron chi connectivity index (χ4n) is 4.69. The van der Waals surface area contributed by atoms with Gasteiger partial charge in [-0.05, 0) is 36.8 Å². The van der Waals surface area contributed by atoms with Crippen LogP contribution >= 0.6 is 0 Å². The first kappa shape index (κ1) is 19.7. The number of likely N-dealkylation sites (tertiary alicyclic amines) is 1. The lowest BCUT2D eigenvalue weighted by Crippen LogP contribution is -2.53. The number of amides is 1. The Morgan fingerprint density at radius 1 is 1.42 bits per heavy atom. The fourth-order valence-corrected chi connectivity index (χ4v) is 4.69. The highest BCUT2D eigenvalue weighted by Crippen LogP contribution is 2.42. The molecule has 1 saturated heterocycles. The standard InChI is InChI=1S/C22H27N7O2/c23-7-18(13-30)29-12-17-10-26-21(25-9-15-1-2-15)27-19(17)22(20(29)31)4-6-28(14-22)11-16-3-5-24-8-16/h3,5,7-8,10,13,15,24H,1-2,4,6,9,11-12,14,23H2,(H,25,26,27)/b18-7+.